The van der Waals surface area contributed by atoms with E-state index >= 15 is 0 Å². The number of aryl methyl sites for hydroxylation is 1. The molecule has 25 heteroatoms. The second kappa shape index (κ2) is 28.5. The van der Waals surface area contributed by atoms with Gasteiger partial charge in [-0.2, -0.15) is 5.10 Å². The number of likely N-dealkylation sites (tertiary alicyclic amines) is 1. The number of para-hydroxylation sites is 1. The summed E-state index contributed by atoms with van der Waals surface area (Å²) in [6.07, 6.45) is 8.99. The number of carboxylic acid groups (broad SMARTS) is 1. The molecule has 23 nitrogen and oxygen atoms in total. The van der Waals surface area contributed by atoms with Crippen LogP contribution in [0, 0.1) is 42.4 Å². The molecule has 3 amide bonds. The number of nitrogens with one attached hydrogen (secondary N) is 3. The maximum Gasteiger partial charge on any atom is 0.355 e. The summed E-state index contributed by atoms with van der Waals surface area (Å²) < 4.78 is 27.6. The molecule has 4 aliphatic carbocycles. The lowest BCUT2D eigenvalue weighted by Crippen LogP contribution is -2.64. The van der Waals surface area contributed by atoms with Crippen molar-refractivity contribution in [2.45, 2.75) is 156 Å². The minimum atomic E-state index is -1.11. The monoisotopic (exact) mass is 1360 g/mol. The summed E-state index contributed by atoms with van der Waals surface area (Å²) in [5.41, 5.74) is 9.06. The average molecular weight is 1360 g/mol. The molecule has 0 radical (unpaired) electrons. The zero-order valence-corrected chi connectivity index (χ0v) is 59.2. The Morgan fingerprint density at radius 3 is 2.27 bits per heavy atom. The third kappa shape index (κ3) is 15.4. The van der Waals surface area contributed by atoms with Crippen LogP contribution in [-0.4, -0.2) is 182 Å². The molecule has 0 spiro atoms. The number of hydrogen-bond acceptors (Lipinski definition) is 20. The molecule has 6 atom stereocenters. The lowest BCUT2D eigenvalue weighted by atomic mass is 9.39. The maximum atomic E-state index is 14.2. The van der Waals surface area contributed by atoms with Gasteiger partial charge < -0.3 is 59.8 Å². The van der Waals surface area contributed by atoms with E-state index in [1.165, 1.54) is 11.3 Å². The van der Waals surface area contributed by atoms with Gasteiger partial charge in [-0.1, -0.05) is 82.4 Å². The molecule has 6 aliphatic rings. The molecule has 5 aromatic heterocycles. The number of benzene rings is 2. The lowest BCUT2D eigenvalue weighted by molar-refractivity contribution is -0.248. The normalized spacial score (nSPS) is 23.5. The number of ether oxygens (including phenoxy) is 4. The zero-order valence-electron chi connectivity index (χ0n) is 57.5. The van der Waals surface area contributed by atoms with Crippen molar-refractivity contribution in [3.05, 3.63) is 106 Å². The van der Waals surface area contributed by atoms with Gasteiger partial charge in [-0.15, -0.1) is 21.5 Å². The minimum Gasteiger partial charge on any atom is -0.476 e. The van der Waals surface area contributed by atoms with E-state index in [9.17, 15) is 29.4 Å². The number of carboxylic acids is 1. The number of amides is 3. The smallest absolute Gasteiger partial charge is 0.355 e. The molecule has 7 aromatic rings. The van der Waals surface area contributed by atoms with Crippen LogP contribution in [0.2, 0.25) is 0 Å². The lowest BCUT2D eigenvalue weighted by Gasteiger charge is -2.69. The Balaban J connectivity index is 0.567. The number of aliphatic hydroxyl groups is 1. The Morgan fingerprint density at radius 1 is 0.835 bits per heavy atom. The van der Waals surface area contributed by atoms with Crippen molar-refractivity contribution in [3.63, 3.8) is 0 Å². The summed E-state index contributed by atoms with van der Waals surface area (Å²) in [6.45, 7) is 23.1. The molecule has 13 rings (SSSR count). The first-order chi connectivity index (χ1) is 46.3. The number of likely N-dealkylation sites (N-methyl/N-ethyl adjacent to an activating group) is 1. The number of aromatic nitrogens is 7. The Bertz CT molecular complexity index is 3970. The Kier molecular flexibility index (Phi) is 20.4. The number of aliphatic hydroxyl groups excluding tert-OH is 1. The van der Waals surface area contributed by atoms with Crippen molar-refractivity contribution in [1.82, 2.24) is 55.4 Å². The van der Waals surface area contributed by atoms with Crippen LogP contribution in [0.5, 0.6) is 0 Å². The summed E-state index contributed by atoms with van der Waals surface area (Å²) in [6, 6.07) is 17.5. The van der Waals surface area contributed by atoms with Crippen molar-refractivity contribution in [2.24, 2.45) is 21.7 Å². The van der Waals surface area contributed by atoms with Gasteiger partial charge in [0.1, 0.15) is 24.5 Å². The highest BCUT2D eigenvalue weighted by molar-refractivity contribution is 7.22. The van der Waals surface area contributed by atoms with Gasteiger partial charge in [0, 0.05) is 67.1 Å². The Hall–Kier alpha value is -7.36. The Morgan fingerprint density at radius 2 is 1.56 bits per heavy atom. The molecular weight excluding hydrogens is 1270 g/mol. The van der Waals surface area contributed by atoms with Crippen LogP contribution in [-0.2, 0) is 46.3 Å². The van der Waals surface area contributed by atoms with E-state index in [0.29, 0.717) is 56.0 Å². The average Bonchev–Trinajstić information content (AvgIpc) is 1.38. The SMILES string of the molecule is Cc1ncsc1-c1ccc([C@H](C)NC(=O)[C@@H]2C[C@@H](O)CN2C(=O)[C@@H](NC(=O)COCCOCCOCCN(C)CCOC23CC4(C)CC(C)(CC(Cn5ncc(-c6ccc(N7CCCc8c7nnc(Nc7nc9ccccc9s7)c8C)nc6C(=O)O)c5C)(C4)C2)C3)C(C)(C)C)cc1. The number of carbonyl (C=O) groups is 4. The molecular formula is C72H93N13O10S2. The van der Waals surface area contributed by atoms with E-state index in [-0.39, 0.29) is 72.3 Å². The summed E-state index contributed by atoms with van der Waals surface area (Å²) in [4.78, 5) is 74.9. The molecule has 4 bridgehead atoms. The third-order valence-electron chi connectivity index (χ3n) is 20.3. The zero-order chi connectivity index (χ0) is 68.6. The molecule has 2 aromatic carbocycles. The van der Waals surface area contributed by atoms with Crippen molar-refractivity contribution < 1.29 is 48.3 Å². The first kappa shape index (κ1) is 69.5. The van der Waals surface area contributed by atoms with Gasteiger partial charge >= 0.3 is 5.97 Å². The van der Waals surface area contributed by atoms with Crippen LogP contribution in [0.15, 0.2) is 72.4 Å². The molecule has 1 saturated heterocycles. The van der Waals surface area contributed by atoms with Crippen LogP contribution in [0.3, 0.4) is 0 Å². The van der Waals surface area contributed by atoms with Crippen LogP contribution < -0.4 is 20.9 Å². The van der Waals surface area contributed by atoms with E-state index in [1.54, 1.807) is 22.7 Å². The number of fused-ring (bicyclic) bond motifs is 2. The molecule has 7 heterocycles. The third-order valence-corrected chi connectivity index (χ3v) is 22.3. The second-order valence-corrected chi connectivity index (χ2v) is 31.6. The highest BCUT2D eigenvalue weighted by Gasteiger charge is 2.66. The van der Waals surface area contributed by atoms with Crippen LogP contribution in [0.1, 0.15) is 138 Å². The van der Waals surface area contributed by atoms with Crippen molar-refractivity contribution >= 4 is 79.2 Å². The van der Waals surface area contributed by atoms with Crippen molar-refractivity contribution in [2.75, 3.05) is 89.7 Å². The van der Waals surface area contributed by atoms with Crippen molar-refractivity contribution in [3.8, 4) is 21.6 Å². The summed E-state index contributed by atoms with van der Waals surface area (Å²) in [7, 11) is 2.08. The number of carbonyl (C=O) groups excluding carboxylic acids is 3. The van der Waals surface area contributed by atoms with E-state index in [2.05, 4.69) is 56.5 Å². The number of aromatic carboxylic acids is 1. The molecule has 4 saturated carbocycles. The molecule has 2 unspecified atom stereocenters. The predicted molar refractivity (Wildman–Crippen MR) is 373 cm³/mol. The molecule has 97 heavy (non-hydrogen) atoms. The fourth-order valence-electron chi connectivity index (χ4n) is 16.8. The standard InChI is InChI=1S/C72H93N13O10S2/c1-44-51-14-13-23-83(63(51)81-80-62(44)79-67-76-54-15-11-12-16-56(54)97-67)57-22-21-52(59(77-57)66(90)91)53-33-74-85(47(53)4)42-71-37-69(8)36-70(9,38-71)40-72(39-69,41-71)95-27-25-82(10)24-26-92-28-29-93-30-31-94-35-58(87)78-61(68(5,6)7)65(89)84-34-50(86)32-55(84)64(88)75-45(2)48-17-19-49(20-18-48)60-46(3)73-43-96-60/h11-12,15-22,33,43,45,50,55,61,86H,13-14,23-32,34-42H2,1-10H3,(H,75,88)(H,78,87)(H,90,91)(H,76,79,80)/t45-,50+,55-,61+,69?,70?,71?,72?/m0/s1. The van der Waals surface area contributed by atoms with Crippen molar-refractivity contribution in [1.29, 1.82) is 0 Å². The molecule has 2 aliphatic heterocycles. The van der Waals surface area contributed by atoms with Gasteiger partial charge in [0.05, 0.1) is 89.9 Å². The number of β-amino-alcohol motifs (C(OH)–C–C–N with tert-alkyl or cyclic N) is 1. The van der Waals surface area contributed by atoms with Gasteiger partial charge in [-0.3, -0.25) is 19.1 Å². The summed E-state index contributed by atoms with van der Waals surface area (Å²) in [5, 5.41) is 45.8. The fourth-order valence-corrected chi connectivity index (χ4v) is 18.5. The number of hydrogen-bond donors (Lipinski definition) is 5. The van der Waals surface area contributed by atoms with Crippen LogP contribution >= 0.6 is 22.7 Å². The summed E-state index contributed by atoms with van der Waals surface area (Å²) >= 11 is 3.14. The highest BCUT2D eigenvalue weighted by Crippen LogP contribution is 2.72. The van der Waals surface area contributed by atoms with Crippen LogP contribution in [0.4, 0.5) is 22.6 Å². The molecule has 5 N–H and O–H groups in total. The minimum absolute atomic E-state index is 0.0261. The first-order valence-electron chi connectivity index (χ1n) is 34.0. The number of pyridine rings is 1. The van der Waals surface area contributed by atoms with E-state index in [4.69, 9.17) is 39.1 Å². The van der Waals surface area contributed by atoms with Crippen LogP contribution in [0.25, 0.3) is 31.8 Å². The first-order valence-corrected chi connectivity index (χ1v) is 35.7. The largest absolute Gasteiger partial charge is 0.476 e. The van der Waals surface area contributed by atoms with Gasteiger partial charge in [-0.25, -0.2) is 19.7 Å². The molecule has 5 fully saturated rings. The van der Waals surface area contributed by atoms with Gasteiger partial charge in [0.25, 0.3) is 0 Å². The Labute approximate surface area is 575 Å². The highest BCUT2D eigenvalue weighted by atomic mass is 32.1. The van der Waals surface area contributed by atoms with E-state index < -0.39 is 41.4 Å². The van der Waals surface area contributed by atoms with Gasteiger partial charge in [0.15, 0.2) is 22.5 Å². The quantitative estimate of drug-likeness (QED) is 0.0285. The number of anilines is 4. The fraction of sp³-hybridized carbons (Fsp3) is 0.556. The van der Waals surface area contributed by atoms with Gasteiger partial charge in [0.2, 0.25) is 17.7 Å². The number of nitrogens with zero attached hydrogens (tertiary/aromatic N) is 10. The van der Waals surface area contributed by atoms with E-state index in [1.807, 2.05) is 126 Å². The molecule has 518 valence electrons. The van der Waals surface area contributed by atoms with Gasteiger partial charge in [-0.05, 0) is 143 Å². The topological polar surface area (TPSA) is 274 Å². The summed E-state index contributed by atoms with van der Waals surface area (Å²) in [5.74, 6) is -0.571. The maximum absolute atomic E-state index is 14.2. The predicted octanol–water partition coefficient (Wildman–Crippen LogP) is 10.4. The number of thiazole rings is 2. The van der Waals surface area contributed by atoms with E-state index in [0.717, 1.165) is 124 Å². The second-order valence-electron chi connectivity index (χ2n) is 29.7. The number of rotatable bonds is 28.